The Labute approximate surface area is 251 Å². The van der Waals surface area contributed by atoms with Crippen LogP contribution < -0.4 is 19.5 Å². The zero-order valence-corrected chi connectivity index (χ0v) is 25.4. The van der Waals surface area contributed by atoms with Crippen molar-refractivity contribution in [1.82, 2.24) is 15.3 Å². The summed E-state index contributed by atoms with van der Waals surface area (Å²) in [5.41, 5.74) is 5.55. The average molecular weight is 576 g/mol. The van der Waals surface area contributed by atoms with Gasteiger partial charge in [-0.2, -0.15) is 0 Å². The van der Waals surface area contributed by atoms with Crippen LogP contribution in [0.2, 0.25) is 0 Å². The number of fused-ring (bicyclic) bond motifs is 9. The zero-order chi connectivity index (χ0) is 29.9. The Morgan fingerprint density at radius 1 is 0.953 bits per heavy atom. The number of nitrogens with zero attached hydrogens (tertiary/aromatic N) is 2. The molecule has 1 saturated carbocycles. The zero-order valence-electron chi connectivity index (χ0n) is 25.4. The lowest BCUT2D eigenvalue weighted by molar-refractivity contribution is -0.0115. The van der Waals surface area contributed by atoms with Gasteiger partial charge in [-0.05, 0) is 68.9 Å². The van der Waals surface area contributed by atoms with Crippen molar-refractivity contribution in [3.05, 3.63) is 77.4 Å². The summed E-state index contributed by atoms with van der Waals surface area (Å²) >= 11 is 0. The highest BCUT2D eigenvalue weighted by atomic mass is 16.5. The fourth-order valence-electron chi connectivity index (χ4n) is 7.31. The lowest BCUT2D eigenvalue weighted by Gasteiger charge is -2.49. The van der Waals surface area contributed by atoms with Gasteiger partial charge in [-0.3, -0.25) is 4.79 Å². The van der Waals surface area contributed by atoms with Crippen molar-refractivity contribution in [1.29, 1.82) is 0 Å². The van der Waals surface area contributed by atoms with Gasteiger partial charge in [0.25, 0.3) is 5.91 Å². The molecule has 5 aromatic rings. The highest BCUT2D eigenvalue weighted by Gasteiger charge is 2.47. The first-order chi connectivity index (χ1) is 20.8. The van der Waals surface area contributed by atoms with Crippen LogP contribution in [0.15, 0.2) is 60.7 Å². The smallest absolute Gasteiger partial charge is 0.251 e. The third kappa shape index (κ3) is 4.62. The molecule has 1 aromatic heterocycles. The molecule has 0 unspecified atom stereocenters. The highest BCUT2D eigenvalue weighted by Crippen LogP contribution is 2.56. The van der Waals surface area contributed by atoms with E-state index in [1.807, 2.05) is 42.5 Å². The number of carbonyl (C=O) groups is 1. The van der Waals surface area contributed by atoms with Crippen molar-refractivity contribution in [3.63, 3.8) is 0 Å². The largest absolute Gasteiger partial charge is 0.497 e. The van der Waals surface area contributed by atoms with Crippen LogP contribution in [0.4, 0.5) is 0 Å². The maximum absolute atomic E-state index is 13.3. The Morgan fingerprint density at radius 3 is 2.53 bits per heavy atom. The molecule has 0 radical (unpaired) electrons. The second-order valence-electron chi connectivity index (χ2n) is 12.6. The molecule has 1 aliphatic carbocycles. The second kappa shape index (κ2) is 10.4. The van der Waals surface area contributed by atoms with Gasteiger partial charge in [-0.15, -0.1) is 0 Å². The van der Waals surface area contributed by atoms with Crippen molar-refractivity contribution in [2.75, 3.05) is 14.2 Å². The number of carbonyl (C=O) groups excluding carboxylic acids is 1. The first-order valence-corrected chi connectivity index (χ1v) is 15.1. The minimum atomic E-state index is -0.268. The topological polar surface area (TPSA) is 82.6 Å². The Bertz CT molecular complexity index is 1900. The van der Waals surface area contributed by atoms with E-state index in [9.17, 15) is 4.79 Å². The molecule has 43 heavy (non-hydrogen) atoms. The minimum absolute atomic E-state index is 0.187. The molecule has 4 aromatic carbocycles. The number of benzene rings is 4. The normalized spacial score (nSPS) is 20.7. The standard InChI is InChI=1S/C36H37N3O4/c1-20-10-14-27-26(16-20)31-33-32(24-8-6-7-9-25(24)34(31)43-36(27,2)3)38-28-15-12-21(17-29(28)39-33)35(40)37-19-22-11-13-23(41-4)18-30(22)42-5/h6-9,11-13,15,17-18,20,26-27H,10,14,16,19H2,1-5H3,(H,37,40)/t20-,26-,27-/m0/s1. The van der Waals surface area contributed by atoms with Crippen LogP contribution >= 0.6 is 0 Å². The maximum Gasteiger partial charge on any atom is 0.251 e. The van der Waals surface area contributed by atoms with E-state index in [4.69, 9.17) is 24.2 Å². The summed E-state index contributed by atoms with van der Waals surface area (Å²) in [4.78, 5) is 23.7. The number of hydrogen-bond acceptors (Lipinski definition) is 6. The van der Waals surface area contributed by atoms with Gasteiger partial charge in [-0.25, -0.2) is 9.97 Å². The van der Waals surface area contributed by atoms with E-state index in [0.717, 1.165) is 51.5 Å². The predicted octanol–water partition coefficient (Wildman–Crippen LogP) is 7.57. The van der Waals surface area contributed by atoms with Gasteiger partial charge in [0.05, 0.1) is 36.3 Å². The van der Waals surface area contributed by atoms with Gasteiger partial charge in [-0.1, -0.05) is 37.6 Å². The van der Waals surface area contributed by atoms with Gasteiger partial charge in [0.2, 0.25) is 0 Å². The Balaban J connectivity index is 1.32. The van der Waals surface area contributed by atoms with Gasteiger partial charge in [0.1, 0.15) is 22.8 Å². The molecule has 0 bridgehead atoms. The van der Waals surface area contributed by atoms with E-state index >= 15 is 0 Å². The van der Waals surface area contributed by atoms with Crippen LogP contribution in [-0.4, -0.2) is 35.7 Å². The average Bonchev–Trinajstić information content (AvgIpc) is 3.02. The molecule has 2 aliphatic rings. The first-order valence-electron chi connectivity index (χ1n) is 15.1. The van der Waals surface area contributed by atoms with E-state index in [2.05, 4.69) is 44.3 Å². The van der Waals surface area contributed by atoms with Gasteiger partial charge < -0.3 is 19.5 Å². The summed E-state index contributed by atoms with van der Waals surface area (Å²) in [6.07, 6.45) is 3.45. The molecule has 220 valence electrons. The monoisotopic (exact) mass is 575 g/mol. The quantitative estimate of drug-likeness (QED) is 0.172. The van der Waals surface area contributed by atoms with E-state index < -0.39 is 0 Å². The number of rotatable bonds is 5. The summed E-state index contributed by atoms with van der Waals surface area (Å²) in [5, 5.41) is 5.16. The van der Waals surface area contributed by atoms with Gasteiger partial charge >= 0.3 is 0 Å². The highest BCUT2D eigenvalue weighted by molar-refractivity contribution is 6.11. The third-order valence-corrected chi connectivity index (χ3v) is 9.53. The number of hydrogen-bond donors (Lipinski definition) is 1. The number of amides is 1. The SMILES string of the molecule is COc1ccc(CNC(=O)c2ccc3nc4c(nc3c2)c2c(c3ccccc34)OC(C)(C)[C@H]3CC[C@H](C)C[C@H]23)c(OC)c1. The van der Waals surface area contributed by atoms with E-state index in [1.165, 1.54) is 12.0 Å². The van der Waals surface area contributed by atoms with E-state index in [-0.39, 0.29) is 11.5 Å². The summed E-state index contributed by atoms with van der Waals surface area (Å²) in [7, 11) is 3.22. The minimum Gasteiger partial charge on any atom is -0.497 e. The van der Waals surface area contributed by atoms with Crippen LogP contribution in [-0.2, 0) is 6.54 Å². The molecule has 7 nitrogen and oxygen atoms in total. The summed E-state index contributed by atoms with van der Waals surface area (Å²) in [6, 6.07) is 19.5. The second-order valence-corrected chi connectivity index (χ2v) is 12.6. The maximum atomic E-state index is 13.3. The lowest BCUT2D eigenvalue weighted by Crippen LogP contribution is -2.46. The first kappa shape index (κ1) is 27.4. The number of nitrogens with one attached hydrogen (secondary N) is 1. The molecule has 1 N–H and O–H groups in total. The fraction of sp³-hybridized carbons (Fsp3) is 0.361. The van der Waals surface area contributed by atoms with Gasteiger partial charge in [0, 0.05) is 46.0 Å². The van der Waals surface area contributed by atoms with Crippen molar-refractivity contribution in [3.8, 4) is 17.2 Å². The molecule has 3 atom stereocenters. The van der Waals surface area contributed by atoms with Crippen LogP contribution in [0.5, 0.6) is 17.2 Å². The molecule has 0 spiro atoms. The Kier molecular flexibility index (Phi) is 6.64. The summed E-state index contributed by atoms with van der Waals surface area (Å²) in [6.45, 7) is 7.15. The third-order valence-electron chi connectivity index (χ3n) is 9.53. The molecule has 0 saturated heterocycles. The Morgan fingerprint density at radius 2 is 1.74 bits per heavy atom. The molecule has 1 fully saturated rings. The molecular weight excluding hydrogens is 538 g/mol. The molecule has 1 amide bonds. The van der Waals surface area contributed by atoms with Crippen LogP contribution in [0, 0.1) is 11.8 Å². The van der Waals surface area contributed by atoms with Crippen molar-refractivity contribution < 1.29 is 19.0 Å². The van der Waals surface area contributed by atoms with Gasteiger partial charge in [0.15, 0.2) is 0 Å². The van der Waals surface area contributed by atoms with Crippen molar-refractivity contribution in [2.24, 2.45) is 11.8 Å². The van der Waals surface area contributed by atoms with Crippen LogP contribution in [0.1, 0.15) is 67.4 Å². The van der Waals surface area contributed by atoms with Crippen molar-refractivity contribution >= 4 is 38.7 Å². The number of ether oxygens (including phenoxy) is 3. The van der Waals surface area contributed by atoms with Crippen molar-refractivity contribution in [2.45, 2.75) is 58.1 Å². The molecule has 7 rings (SSSR count). The predicted molar refractivity (Wildman–Crippen MR) is 169 cm³/mol. The van der Waals surface area contributed by atoms with E-state index in [0.29, 0.717) is 46.9 Å². The number of aromatic nitrogens is 2. The van der Waals surface area contributed by atoms with Crippen LogP contribution in [0.3, 0.4) is 0 Å². The molecular formula is C36H37N3O4. The summed E-state index contributed by atoms with van der Waals surface area (Å²) in [5.74, 6) is 3.50. The van der Waals surface area contributed by atoms with Crippen LogP contribution in [0.25, 0.3) is 32.8 Å². The number of methoxy groups -OCH3 is 2. The lowest BCUT2D eigenvalue weighted by atomic mass is 9.64. The Hall–Kier alpha value is -4.39. The molecule has 1 aliphatic heterocycles. The summed E-state index contributed by atoms with van der Waals surface area (Å²) < 4.78 is 17.7. The fourth-order valence-corrected chi connectivity index (χ4v) is 7.31. The molecule has 2 heterocycles. The molecule has 7 heteroatoms. The van der Waals surface area contributed by atoms with E-state index in [1.54, 1.807) is 14.2 Å².